The van der Waals surface area contributed by atoms with Gasteiger partial charge in [0.15, 0.2) is 6.23 Å². The van der Waals surface area contributed by atoms with E-state index in [2.05, 4.69) is 30.8 Å². The van der Waals surface area contributed by atoms with Gasteiger partial charge in [-0.15, -0.1) is 0 Å². The SMILES string of the molecule is Cc1ccc(-c2nc(-c3ccc(CC(NS(=O)(=O)c4ccc(Br)c(F)c4)OC=O)cc3F)no2)cc1. The second-order valence-corrected chi connectivity index (χ2v) is 10.3. The van der Waals surface area contributed by atoms with Gasteiger partial charge >= 0.3 is 0 Å². The fraction of sp³-hybridized carbons (Fsp3) is 0.125. The average molecular weight is 578 g/mol. The van der Waals surface area contributed by atoms with E-state index < -0.39 is 27.9 Å². The molecule has 1 unspecified atom stereocenters. The molecule has 0 spiro atoms. The average Bonchev–Trinajstić information content (AvgIpc) is 3.31. The molecule has 36 heavy (non-hydrogen) atoms. The topological polar surface area (TPSA) is 111 Å². The standard InChI is InChI=1S/C24H18BrF2N3O5S/c1-14-2-5-16(6-3-14)24-28-23(29-35-24)18-8-4-15(10-20(18)26)11-22(34-13-31)30-36(32,33)17-7-9-19(25)21(27)12-17/h2-10,12-13,22,30H,11H2,1H3. The van der Waals surface area contributed by atoms with Crippen LogP contribution in [0.5, 0.6) is 0 Å². The summed E-state index contributed by atoms with van der Waals surface area (Å²) in [6.45, 7) is 2.00. The van der Waals surface area contributed by atoms with Gasteiger partial charge in [-0.2, -0.15) is 9.71 Å². The predicted octanol–water partition coefficient (Wildman–Crippen LogP) is 4.77. The molecule has 8 nitrogen and oxygen atoms in total. The summed E-state index contributed by atoms with van der Waals surface area (Å²) in [4.78, 5) is 14.8. The Morgan fingerprint density at radius 3 is 2.50 bits per heavy atom. The van der Waals surface area contributed by atoms with Crippen LogP contribution in [0.4, 0.5) is 8.78 Å². The van der Waals surface area contributed by atoms with Crippen LogP contribution in [0.2, 0.25) is 0 Å². The van der Waals surface area contributed by atoms with Gasteiger partial charge < -0.3 is 9.26 Å². The molecule has 12 heteroatoms. The third-order valence-electron chi connectivity index (χ3n) is 5.13. The minimum absolute atomic E-state index is 0.0354. The Morgan fingerprint density at radius 1 is 1.08 bits per heavy atom. The maximum atomic E-state index is 14.9. The molecule has 0 fully saturated rings. The number of halogens is 3. The number of sulfonamides is 1. The first-order valence-electron chi connectivity index (χ1n) is 10.4. The van der Waals surface area contributed by atoms with Crippen LogP contribution in [0.25, 0.3) is 22.8 Å². The number of hydrogen-bond donors (Lipinski definition) is 1. The van der Waals surface area contributed by atoms with E-state index in [1.54, 1.807) is 0 Å². The number of carbonyl (C=O) groups is 1. The number of benzene rings is 3. The first-order chi connectivity index (χ1) is 17.2. The molecule has 1 N–H and O–H groups in total. The third kappa shape index (κ3) is 5.83. The van der Waals surface area contributed by atoms with E-state index in [-0.39, 0.29) is 39.5 Å². The molecule has 0 saturated carbocycles. The zero-order valence-corrected chi connectivity index (χ0v) is 21.0. The molecule has 0 aliphatic rings. The van der Waals surface area contributed by atoms with Crippen molar-refractivity contribution in [1.29, 1.82) is 0 Å². The van der Waals surface area contributed by atoms with E-state index in [4.69, 9.17) is 9.26 Å². The monoisotopic (exact) mass is 577 g/mol. The zero-order valence-electron chi connectivity index (χ0n) is 18.6. The van der Waals surface area contributed by atoms with Crippen LogP contribution in [0.3, 0.4) is 0 Å². The number of rotatable bonds is 9. The molecule has 1 atom stereocenters. The zero-order chi connectivity index (χ0) is 25.9. The van der Waals surface area contributed by atoms with Gasteiger partial charge in [0.25, 0.3) is 12.4 Å². The Hall–Kier alpha value is -3.48. The van der Waals surface area contributed by atoms with E-state index in [1.807, 2.05) is 31.2 Å². The fourth-order valence-electron chi connectivity index (χ4n) is 3.30. The largest absolute Gasteiger partial charge is 0.447 e. The van der Waals surface area contributed by atoms with Gasteiger partial charge in [0.2, 0.25) is 15.8 Å². The Bertz CT molecular complexity index is 1510. The van der Waals surface area contributed by atoms with Crippen LogP contribution < -0.4 is 4.72 Å². The smallest absolute Gasteiger partial charge is 0.294 e. The Balaban J connectivity index is 1.52. The summed E-state index contributed by atoms with van der Waals surface area (Å²) in [6, 6.07) is 14.7. The molecule has 0 aliphatic heterocycles. The van der Waals surface area contributed by atoms with Crippen molar-refractivity contribution in [2.75, 3.05) is 0 Å². The lowest BCUT2D eigenvalue weighted by Crippen LogP contribution is -2.38. The van der Waals surface area contributed by atoms with E-state index >= 15 is 0 Å². The number of aryl methyl sites for hydroxylation is 1. The van der Waals surface area contributed by atoms with Crippen molar-refractivity contribution < 1.29 is 31.3 Å². The summed E-state index contributed by atoms with van der Waals surface area (Å²) in [6.07, 6.45) is -1.57. The van der Waals surface area contributed by atoms with Crippen molar-refractivity contribution in [1.82, 2.24) is 14.9 Å². The van der Waals surface area contributed by atoms with Gasteiger partial charge in [-0.25, -0.2) is 17.2 Å². The lowest BCUT2D eigenvalue weighted by molar-refractivity contribution is -0.133. The maximum Gasteiger partial charge on any atom is 0.294 e. The number of aromatic nitrogens is 2. The van der Waals surface area contributed by atoms with Crippen molar-refractivity contribution in [2.45, 2.75) is 24.5 Å². The van der Waals surface area contributed by atoms with Crippen molar-refractivity contribution in [3.05, 3.63) is 87.9 Å². The molecule has 0 radical (unpaired) electrons. The number of nitrogens with zero attached hydrogens (tertiary/aromatic N) is 2. The van der Waals surface area contributed by atoms with Crippen molar-refractivity contribution in [3.63, 3.8) is 0 Å². The third-order valence-corrected chi connectivity index (χ3v) is 7.22. The van der Waals surface area contributed by atoms with Crippen LogP contribution in [0.15, 0.2) is 74.6 Å². The molecule has 0 aliphatic carbocycles. The molecule has 0 bridgehead atoms. The molecule has 4 aromatic rings. The second-order valence-electron chi connectivity index (χ2n) is 7.73. The Kier molecular flexibility index (Phi) is 7.57. The lowest BCUT2D eigenvalue weighted by atomic mass is 10.1. The maximum absolute atomic E-state index is 14.9. The Labute approximate surface area is 213 Å². The van der Waals surface area contributed by atoms with E-state index in [0.717, 1.165) is 17.7 Å². The summed E-state index contributed by atoms with van der Waals surface area (Å²) in [7, 11) is -4.25. The Morgan fingerprint density at radius 2 is 1.83 bits per heavy atom. The summed E-state index contributed by atoms with van der Waals surface area (Å²) >= 11 is 2.95. The molecular weight excluding hydrogens is 560 g/mol. The van der Waals surface area contributed by atoms with Crippen LogP contribution in [0, 0.1) is 18.6 Å². The van der Waals surface area contributed by atoms with E-state index in [0.29, 0.717) is 11.1 Å². The number of nitrogens with one attached hydrogen (secondary N) is 1. The fourth-order valence-corrected chi connectivity index (χ4v) is 4.67. The first-order valence-corrected chi connectivity index (χ1v) is 12.7. The van der Waals surface area contributed by atoms with Gasteiger partial charge in [0, 0.05) is 12.0 Å². The van der Waals surface area contributed by atoms with Gasteiger partial charge in [0.05, 0.1) is 14.9 Å². The summed E-state index contributed by atoms with van der Waals surface area (Å²) in [5.41, 5.74) is 2.13. The molecule has 1 heterocycles. The highest BCUT2D eigenvalue weighted by atomic mass is 79.9. The number of ether oxygens (including phenoxy) is 1. The van der Waals surface area contributed by atoms with Gasteiger partial charge in [-0.05, 0) is 70.9 Å². The molecule has 4 rings (SSSR count). The van der Waals surface area contributed by atoms with Crippen LogP contribution in [-0.4, -0.2) is 31.3 Å². The van der Waals surface area contributed by atoms with E-state index in [1.165, 1.54) is 24.3 Å². The molecule has 3 aromatic carbocycles. The predicted molar refractivity (Wildman–Crippen MR) is 129 cm³/mol. The second kappa shape index (κ2) is 10.6. The van der Waals surface area contributed by atoms with Gasteiger partial charge in [-0.1, -0.05) is 28.9 Å². The summed E-state index contributed by atoms with van der Waals surface area (Å²) in [5.74, 6) is -1.21. The van der Waals surface area contributed by atoms with E-state index in [9.17, 15) is 22.0 Å². The van der Waals surface area contributed by atoms with Crippen LogP contribution in [-0.2, 0) is 26.0 Å². The molecular formula is C24H18BrF2N3O5S. The first kappa shape index (κ1) is 25.6. The minimum Gasteiger partial charge on any atom is -0.447 e. The highest BCUT2D eigenvalue weighted by molar-refractivity contribution is 9.10. The van der Waals surface area contributed by atoms with Gasteiger partial charge in [0.1, 0.15) is 11.6 Å². The van der Waals surface area contributed by atoms with Crippen molar-refractivity contribution in [2.24, 2.45) is 0 Å². The highest BCUT2D eigenvalue weighted by Gasteiger charge is 2.23. The normalized spacial score (nSPS) is 12.3. The van der Waals surface area contributed by atoms with Crippen LogP contribution >= 0.6 is 15.9 Å². The minimum atomic E-state index is -4.25. The van der Waals surface area contributed by atoms with Crippen LogP contribution in [0.1, 0.15) is 11.1 Å². The van der Waals surface area contributed by atoms with Crippen molar-refractivity contribution >= 4 is 32.4 Å². The summed E-state index contributed by atoms with van der Waals surface area (Å²) in [5, 5.41) is 3.84. The van der Waals surface area contributed by atoms with Crippen molar-refractivity contribution in [3.8, 4) is 22.8 Å². The molecule has 186 valence electrons. The highest BCUT2D eigenvalue weighted by Crippen LogP contribution is 2.26. The molecule has 0 saturated heterocycles. The quantitative estimate of drug-likeness (QED) is 0.225. The number of hydrogen-bond acceptors (Lipinski definition) is 7. The summed E-state index contributed by atoms with van der Waals surface area (Å²) < 4.78 is 66.3. The molecule has 0 amide bonds. The molecule has 1 aromatic heterocycles. The number of carbonyl (C=O) groups excluding carboxylic acids is 1. The van der Waals surface area contributed by atoms with Gasteiger partial charge in [-0.3, -0.25) is 4.79 Å². The lowest BCUT2D eigenvalue weighted by Gasteiger charge is -2.17.